The molecule has 2 aromatic heterocycles. The van der Waals surface area contributed by atoms with Crippen LogP contribution in [0.15, 0.2) is 54.7 Å². The second-order valence-corrected chi connectivity index (χ2v) is 8.46. The van der Waals surface area contributed by atoms with Crippen molar-refractivity contribution in [2.45, 2.75) is 45.3 Å². The number of nitrogens with zero attached hydrogens (tertiary/aromatic N) is 4. The Morgan fingerprint density at radius 2 is 2.06 bits per heavy atom. The quantitative estimate of drug-likeness (QED) is 0.475. The Labute approximate surface area is 187 Å². The number of hydrogen-bond acceptors (Lipinski definition) is 5. The van der Waals surface area contributed by atoms with E-state index in [4.69, 9.17) is 9.97 Å². The van der Waals surface area contributed by atoms with Crippen molar-refractivity contribution in [3.05, 3.63) is 88.5 Å². The summed E-state index contributed by atoms with van der Waals surface area (Å²) in [6.07, 6.45) is 5.00. The Balaban J connectivity index is 1.54. The minimum atomic E-state index is 0.127. The van der Waals surface area contributed by atoms with Gasteiger partial charge in [-0.1, -0.05) is 18.2 Å². The summed E-state index contributed by atoms with van der Waals surface area (Å²) in [7, 11) is 0. The SMILES string of the molecule is Cc1cc(C#N)cc(O)c1CN(Cc1nc2ccccc2[nH]1)C1CCCc2cccnc21. The molecule has 0 amide bonds. The standard InChI is InChI=1S/C26H25N5O/c1-17-12-18(14-27)13-24(32)20(17)15-31(16-25-29-21-8-2-3-9-22(21)30-25)23-10-4-6-19-7-5-11-28-26(19)23/h2-3,5,7-9,11-13,23,32H,4,6,10,15-16H2,1H3,(H,29,30). The average Bonchev–Trinajstić information content (AvgIpc) is 3.22. The molecule has 2 heterocycles. The van der Waals surface area contributed by atoms with Crippen molar-refractivity contribution in [1.29, 1.82) is 5.26 Å². The van der Waals surface area contributed by atoms with Gasteiger partial charge in [0.25, 0.3) is 0 Å². The van der Waals surface area contributed by atoms with Gasteiger partial charge in [0.15, 0.2) is 0 Å². The van der Waals surface area contributed by atoms with E-state index in [1.807, 2.05) is 49.5 Å². The summed E-state index contributed by atoms with van der Waals surface area (Å²) < 4.78 is 0. The molecule has 6 nitrogen and oxygen atoms in total. The van der Waals surface area contributed by atoms with Gasteiger partial charge in [-0.15, -0.1) is 0 Å². The highest BCUT2D eigenvalue weighted by molar-refractivity contribution is 5.74. The largest absolute Gasteiger partial charge is 0.508 e. The lowest BCUT2D eigenvalue weighted by atomic mass is 9.90. The third-order valence-electron chi connectivity index (χ3n) is 6.34. The van der Waals surface area contributed by atoms with Crippen molar-refractivity contribution in [3.63, 3.8) is 0 Å². The van der Waals surface area contributed by atoms with Crippen LogP contribution in [0.5, 0.6) is 5.75 Å². The predicted molar refractivity (Wildman–Crippen MR) is 123 cm³/mol. The zero-order valence-corrected chi connectivity index (χ0v) is 18.0. The molecule has 0 fully saturated rings. The molecule has 0 bridgehead atoms. The van der Waals surface area contributed by atoms with E-state index in [0.717, 1.165) is 52.9 Å². The summed E-state index contributed by atoms with van der Waals surface area (Å²) in [5.74, 6) is 1.05. The molecule has 2 N–H and O–H groups in total. The maximum absolute atomic E-state index is 10.7. The summed E-state index contributed by atoms with van der Waals surface area (Å²) in [6, 6.07) is 17.8. The highest BCUT2D eigenvalue weighted by Crippen LogP contribution is 2.36. The maximum Gasteiger partial charge on any atom is 0.121 e. The molecule has 1 unspecified atom stereocenters. The molecule has 0 spiro atoms. The molecule has 4 aromatic rings. The molecule has 2 aromatic carbocycles. The van der Waals surface area contributed by atoms with E-state index in [2.05, 4.69) is 22.0 Å². The molecule has 6 heteroatoms. The second-order valence-electron chi connectivity index (χ2n) is 8.46. The van der Waals surface area contributed by atoms with Crippen molar-refractivity contribution in [3.8, 4) is 11.8 Å². The lowest BCUT2D eigenvalue weighted by molar-refractivity contribution is 0.152. The van der Waals surface area contributed by atoms with Gasteiger partial charge in [-0.3, -0.25) is 9.88 Å². The topological polar surface area (TPSA) is 88.8 Å². The zero-order valence-electron chi connectivity index (χ0n) is 18.0. The van der Waals surface area contributed by atoms with Crippen molar-refractivity contribution >= 4 is 11.0 Å². The van der Waals surface area contributed by atoms with E-state index in [1.54, 1.807) is 6.07 Å². The van der Waals surface area contributed by atoms with Crippen molar-refractivity contribution in [2.24, 2.45) is 0 Å². The highest BCUT2D eigenvalue weighted by atomic mass is 16.3. The summed E-state index contributed by atoms with van der Waals surface area (Å²) in [5, 5.41) is 20.0. The van der Waals surface area contributed by atoms with Gasteiger partial charge in [0.1, 0.15) is 11.6 Å². The van der Waals surface area contributed by atoms with E-state index in [1.165, 1.54) is 5.56 Å². The first-order valence-electron chi connectivity index (χ1n) is 11.0. The molecular weight excluding hydrogens is 398 g/mol. The summed E-state index contributed by atoms with van der Waals surface area (Å²) in [5.41, 5.74) is 6.58. The first-order chi connectivity index (χ1) is 15.6. The van der Waals surface area contributed by atoms with Crippen LogP contribution < -0.4 is 0 Å². The molecule has 0 saturated heterocycles. The number of benzene rings is 2. The van der Waals surface area contributed by atoms with Crippen LogP contribution in [-0.2, 0) is 19.5 Å². The number of para-hydroxylation sites is 2. The minimum Gasteiger partial charge on any atom is -0.508 e. The monoisotopic (exact) mass is 423 g/mol. The Morgan fingerprint density at radius 1 is 1.19 bits per heavy atom. The number of nitrogens with one attached hydrogen (secondary N) is 1. The van der Waals surface area contributed by atoms with Gasteiger partial charge >= 0.3 is 0 Å². The van der Waals surface area contributed by atoms with Crippen LogP contribution in [-0.4, -0.2) is 25.0 Å². The van der Waals surface area contributed by atoms with Crippen LogP contribution in [0.2, 0.25) is 0 Å². The zero-order chi connectivity index (χ0) is 22.1. The Morgan fingerprint density at radius 3 is 2.88 bits per heavy atom. The minimum absolute atomic E-state index is 0.127. The molecule has 1 atom stereocenters. The van der Waals surface area contributed by atoms with Crippen LogP contribution in [0.3, 0.4) is 0 Å². The summed E-state index contributed by atoms with van der Waals surface area (Å²) >= 11 is 0. The first-order valence-corrected chi connectivity index (χ1v) is 11.0. The molecule has 160 valence electrons. The first kappa shape index (κ1) is 20.2. The molecule has 0 radical (unpaired) electrons. The van der Waals surface area contributed by atoms with Crippen LogP contribution in [0, 0.1) is 18.3 Å². The van der Waals surface area contributed by atoms with Crippen LogP contribution in [0.1, 0.15) is 52.7 Å². The summed E-state index contributed by atoms with van der Waals surface area (Å²) in [6.45, 7) is 3.09. The van der Waals surface area contributed by atoms with E-state index in [9.17, 15) is 10.4 Å². The molecular formula is C26H25N5O. The second kappa shape index (κ2) is 8.45. The normalized spacial score (nSPS) is 15.6. The average molecular weight is 424 g/mol. The number of H-pyrrole nitrogens is 1. The summed E-state index contributed by atoms with van der Waals surface area (Å²) in [4.78, 5) is 15.3. The van der Waals surface area contributed by atoms with Gasteiger partial charge in [-0.05, 0) is 67.6 Å². The third kappa shape index (κ3) is 3.83. The van der Waals surface area contributed by atoms with Gasteiger partial charge in [-0.2, -0.15) is 5.26 Å². The number of imidazole rings is 1. The van der Waals surface area contributed by atoms with Crippen LogP contribution in [0.25, 0.3) is 11.0 Å². The van der Waals surface area contributed by atoms with E-state index >= 15 is 0 Å². The van der Waals surface area contributed by atoms with E-state index in [0.29, 0.717) is 18.7 Å². The number of aromatic amines is 1. The van der Waals surface area contributed by atoms with Gasteiger partial charge < -0.3 is 10.1 Å². The number of hydrogen-bond donors (Lipinski definition) is 2. The molecule has 32 heavy (non-hydrogen) atoms. The van der Waals surface area contributed by atoms with E-state index in [-0.39, 0.29) is 11.8 Å². The molecule has 0 aliphatic heterocycles. The number of phenols is 1. The fourth-order valence-electron chi connectivity index (χ4n) is 4.76. The van der Waals surface area contributed by atoms with Gasteiger partial charge in [0.2, 0.25) is 0 Å². The van der Waals surface area contributed by atoms with E-state index < -0.39 is 0 Å². The fourth-order valence-corrected chi connectivity index (χ4v) is 4.76. The molecule has 1 aliphatic rings. The Bertz CT molecular complexity index is 1260. The number of nitriles is 1. The predicted octanol–water partition coefficient (Wildman–Crippen LogP) is 4.92. The highest BCUT2D eigenvalue weighted by Gasteiger charge is 2.29. The Hall–Kier alpha value is -3.69. The lowest BCUT2D eigenvalue weighted by Crippen LogP contribution is -2.32. The maximum atomic E-state index is 10.7. The number of phenolic OH excluding ortho intramolecular Hbond substituents is 1. The van der Waals surface area contributed by atoms with Gasteiger partial charge in [0.05, 0.1) is 40.9 Å². The van der Waals surface area contributed by atoms with Gasteiger partial charge in [-0.25, -0.2) is 4.98 Å². The molecule has 0 saturated carbocycles. The molecule has 1 aliphatic carbocycles. The number of aromatic hydroxyl groups is 1. The lowest BCUT2D eigenvalue weighted by Gasteiger charge is -2.35. The fraction of sp³-hybridized carbons (Fsp3) is 0.269. The molecule has 5 rings (SSSR count). The number of aryl methyl sites for hydroxylation is 2. The van der Waals surface area contributed by atoms with Crippen molar-refractivity contribution in [1.82, 2.24) is 19.9 Å². The van der Waals surface area contributed by atoms with Crippen LogP contribution in [0.4, 0.5) is 0 Å². The van der Waals surface area contributed by atoms with Crippen LogP contribution >= 0.6 is 0 Å². The Kier molecular flexibility index (Phi) is 5.34. The van der Waals surface area contributed by atoms with Gasteiger partial charge in [0, 0.05) is 18.3 Å². The number of fused-ring (bicyclic) bond motifs is 2. The number of pyridine rings is 1. The number of aromatic nitrogens is 3. The number of rotatable bonds is 5. The smallest absolute Gasteiger partial charge is 0.121 e. The van der Waals surface area contributed by atoms with Crippen molar-refractivity contribution < 1.29 is 5.11 Å². The van der Waals surface area contributed by atoms with Crippen molar-refractivity contribution in [2.75, 3.05) is 0 Å². The third-order valence-corrected chi connectivity index (χ3v) is 6.34.